The topological polar surface area (TPSA) is 96.3 Å². The summed E-state index contributed by atoms with van der Waals surface area (Å²) >= 11 is 5.34. The van der Waals surface area contributed by atoms with Gasteiger partial charge in [-0.05, 0) is 25.0 Å². The molecule has 0 spiro atoms. The van der Waals surface area contributed by atoms with Crippen LogP contribution in [-0.2, 0) is 0 Å². The number of para-hydroxylation sites is 2. The molecular weight excluding hydrogens is 326 g/mol. The number of methoxy groups -OCH3 is 1. The summed E-state index contributed by atoms with van der Waals surface area (Å²) in [5.41, 5.74) is 6.47. The van der Waals surface area contributed by atoms with Crippen molar-refractivity contribution < 1.29 is 4.74 Å². The number of H-pyrrole nitrogens is 1. The summed E-state index contributed by atoms with van der Waals surface area (Å²) in [5, 5.41) is 3.00. The Morgan fingerprint density at radius 2 is 2.08 bits per heavy atom. The molecule has 0 bridgehead atoms. The summed E-state index contributed by atoms with van der Waals surface area (Å²) in [6.45, 7) is 1.73. The van der Waals surface area contributed by atoms with Crippen molar-refractivity contribution in [2.45, 2.75) is 12.8 Å². The quantitative estimate of drug-likeness (QED) is 0.726. The first-order valence-electron chi connectivity index (χ1n) is 7.69. The number of hydrogen-bond donors (Lipinski definition) is 3. The van der Waals surface area contributed by atoms with Crippen LogP contribution in [0.3, 0.4) is 0 Å². The first-order valence-corrected chi connectivity index (χ1v) is 8.10. The van der Waals surface area contributed by atoms with E-state index >= 15 is 0 Å². The van der Waals surface area contributed by atoms with Crippen molar-refractivity contribution in [3.05, 3.63) is 40.2 Å². The molecule has 0 aliphatic carbocycles. The van der Waals surface area contributed by atoms with E-state index in [-0.39, 0.29) is 21.9 Å². The lowest BCUT2D eigenvalue weighted by atomic mass is 10.2. The number of rotatable bonds is 4. The van der Waals surface area contributed by atoms with Gasteiger partial charge in [-0.3, -0.25) is 9.78 Å². The maximum atomic E-state index is 12.4. The van der Waals surface area contributed by atoms with Gasteiger partial charge in [0.05, 0.1) is 12.8 Å². The molecule has 1 aromatic heterocycles. The predicted octanol–water partition coefficient (Wildman–Crippen LogP) is 1.75. The lowest BCUT2D eigenvalue weighted by Crippen LogP contribution is -2.30. The fourth-order valence-corrected chi connectivity index (χ4v) is 3.02. The fourth-order valence-electron chi connectivity index (χ4n) is 2.71. The first-order chi connectivity index (χ1) is 11.6. The number of aromatic amines is 1. The highest BCUT2D eigenvalue weighted by Gasteiger charge is 2.19. The molecule has 2 aromatic rings. The molecule has 1 aliphatic heterocycles. The molecule has 0 amide bonds. The van der Waals surface area contributed by atoms with Gasteiger partial charge in [0.2, 0.25) is 5.95 Å². The molecule has 0 unspecified atom stereocenters. The zero-order chi connectivity index (χ0) is 17.1. The van der Waals surface area contributed by atoms with Gasteiger partial charge in [0, 0.05) is 13.1 Å². The van der Waals surface area contributed by atoms with Crippen LogP contribution in [0.1, 0.15) is 18.4 Å². The van der Waals surface area contributed by atoms with E-state index in [0.29, 0.717) is 17.4 Å². The molecule has 1 saturated heterocycles. The van der Waals surface area contributed by atoms with Crippen LogP contribution < -0.4 is 26.2 Å². The molecule has 3 rings (SSSR count). The van der Waals surface area contributed by atoms with E-state index in [9.17, 15) is 4.79 Å². The van der Waals surface area contributed by atoms with Crippen LogP contribution in [0.25, 0.3) is 0 Å². The van der Waals surface area contributed by atoms with Crippen LogP contribution in [0.15, 0.2) is 29.1 Å². The van der Waals surface area contributed by atoms with E-state index in [1.165, 1.54) is 0 Å². The molecule has 0 radical (unpaired) electrons. The van der Waals surface area contributed by atoms with E-state index in [4.69, 9.17) is 22.7 Å². The second-order valence-corrected chi connectivity index (χ2v) is 5.91. The summed E-state index contributed by atoms with van der Waals surface area (Å²) in [5.74, 6) is 1.24. The Balaban J connectivity index is 1.88. The molecule has 1 fully saturated rings. The van der Waals surface area contributed by atoms with E-state index in [0.717, 1.165) is 25.9 Å². The molecule has 7 nitrogen and oxygen atoms in total. The summed E-state index contributed by atoms with van der Waals surface area (Å²) in [4.78, 5) is 21.7. The zero-order valence-corrected chi connectivity index (χ0v) is 14.2. The molecular formula is C16H19N5O2S. The first kappa shape index (κ1) is 16.3. The summed E-state index contributed by atoms with van der Waals surface area (Å²) in [6, 6.07) is 7.30. The number of nitrogens with one attached hydrogen (secondary N) is 2. The Bertz CT molecular complexity index is 814. The Morgan fingerprint density at radius 1 is 1.38 bits per heavy atom. The minimum absolute atomic E-state index is 0.119. The molecule has 1 aliphatic rings. The third kappa shape index (κ3) is 3.18. The van der Waals surface area contributed by atoms with Crippen molar-refractivity contribution in [3.63, 3.8) is 0 Å². The van der Waals surface area contributed by atoms with Gasteiger partial charge < -0.3 is 20.7 Å². The normalized spacial score (nSPS) is 13.8. The predicted molar refractivity (Wildman–Crippen MR) is 99.0 cm³/mol. The van der Waals surface area contributed by atoms with E-state index in [1.807, 2.05) is 23.1 Å². The monoisotopic (exact) mass is 345 g/mol. The second kappa shape index (κ2) is 6.88. The maximum Gasteiger partial charge on any atom is 0.264 e. The largest absolute Gasteiger partial charge is 0.495 e. The highest BCUT2D eigenvalue weighted by Crippen LogP contribution is 2.24. The van der Waals surface area contributed by atoms with Crippen LogP contribution in [0, 0.1) is 0 Å². The highest BCUT2D eigenvalue weighted by atomic mass is 32.1. The van der Waals surface area contributed by atoms with Gasteiger partial charge in [-0.15, -0.1) is 0 Å². The van der Waals surface area contributed by atoms with Gasteiger partial charge in [-0.25, -0.2) is 0 Å². The van der Waals surface area contributed by atoms with Gasteiger partial charge in [0.1, 0.15) is 22.1 Å². The van der Waals surface area contributed by atoms with Gasteiger partial charge in [-0.1, -0.05) is 24.4 Å². The molecule has 8 heteroatoms. The van der Waals surface area contributed by atoms with Gasteiger partial charge in [0.25, 0.3) is 5.56 Å². The Hall–Kier alpha value is -2.61. The van der Waals surface area contributed by atoms with Gasteiger partial charge in [0.15, 0.2) is 0 Å². The number of ether oxygens (including phenoxy) is 1. The molecule has 24 heavy (non-hydrogen) atoms. The number of hydrogen-bond acceptors (Lipinski definition) is 6. The minimum atomic E-state index is -0.350. The third-order valence-corrected chi connectivity index (χ3v) is 4.23. The fraction of sp³-hybridized carbons (Fsp3) is 0.312. The Morgan fingerprint density at radius 3 is 2.75 bits per heavy atom. The molecule has 2 heterocycles. The maximum absolute atomic E-state index is 12.4. The third-order valence-electron chi connectivity index (χ3n) is 3.92. The molecule has 0 saturated carbocycles. The Kier molecular flexibility index (Phi) is 4.66. The Labute approximate surface area is 144 Å². The standard InChI is InChI=1S/C16H19N5O2S/c1-23-11-7-3-2-6-10(11)18-15(24)12-13(17)19-16(20-14(12)22)21-8-4-5-9-21/h2-3,6-7H,4-5,8-9H2,1H3,(H,18,24)(H3,17,19,20,22). The van der Waals surface area contributed by atoms with Crippen molar-refractivity contribution in [2.75, 3.05) is 36.1 Å². The molecule has 126 valence electrons. The van der Waals surface area contributed by atoms with Crippen LogP contribution >= 0.6 is 12.2 Å². The van der Waals surface area contributed by atoms with Gasteiger partial charge in [-0.2, -0.15) is 4.98 Å². The van der Waals surface area contributed by atoms with Crippen molar-refractivity contribution in [1.29, 1.82) is 0 Å². The number of nitrogens with two attached hydrogens (primary N) is 1. The van der Waals surface area contributed by atoms with Crippen molar-refractivity contribution in [2.24, 2.45) is 0 Å². The molecule has 0 atom stereocenters. The van der Waals surface area contributed by atoms with Gasteiger partial charge >= 0.3 is 0 Å². The SMILES string of the molecule is COc1ccccc1NC(=S)c1c(N)nc(N2CCCC2)[nH]c1=O. The van der Waals surface area contributed by atoms with Crippen LogP contribution in [0.5, 0.6) is 5.75 Å². The number of nitrogen functional groups attached to an aromatic ring is 1. The molecule has 4 N–H and O–H groups in total. The van der Waals surface area contributed by atoms with Crippen molar-refractivity contribution in [3.8, 4) is 5.75 Å². The summed E-state index contributed by atoms with van der Waals surface area (Å²) in [7, 11) is 1.57. The average molecular weight is 345 g/mol. The zero-order valence-electron chi connectivity index (χ0n) is 13.3. The number of nitrogens with zero attached hydrogens (tertiary/aromatic N) is 2. The van der Waals surface area contributed by atoms with Crippen LogP contribution in [0.4, 0.5) is 17.5 Å². The number of benzene rings is 1. The van der Waals surface area contributed by atoms with E-state index < -0.39 is 0 Å². The second-order valence-electron chi connectivity index (χ2n) is 5.50. The highest BCUT2D eigenvalue weighted by molar-refractivity contribution is 7.81. The number of anilines is 3. The van der Waals surface area contributed by atoms with E-state index in [1.54, 1.807) is 13.2 Å². The van der Waals surface area contributed by atoms with Crippen LogP contribution in [0.2, 0.25) is 0 Å². The number of thiocarbonyl (C=S) groups is 1. The van der Waals surface area contributed by atoms with Crippen molar-refractivity contribution in [1.82, 2.24) is 9.97 Å². The minimum Gasteiger partial charge on any atom is -0.495 e. The van der Waals surface area contributed by atoms with Crippen molar-refractivity contribution >= 4 is 34.7 Å². The lowest BCUT2D eigenvalue weighted by Gasteiger charge is -2.17. The van der Waals surface area contributed by atoms with E-state index in [2.05, 4.69) is 15.3 Å². The molecule has 1 aromatic carbocycles. The number of aromatic nitrogens is 2. The smallest absolute Gasteiger partial charge is 0.264 e. The summed E-state index contributed by atoms with van der Waals surface area (Å²) < 4.78 is 5.27. The summed E-state index contributed by atoms with van der Waals surface area (Å²) in [6.07, 6.45) is 2.16. The lowest BCUT2D eigenvalue weighted by molar-refractivity contribution is 0.417. The average Bonchev–Trinajstić information content (AvgIpc) is 3.09. The van der Waals surface area contributed by atoms with Crippen LogP contribution in [-0.4, -0.2) is 35.2 Å².